The molecule has 8 aromatic carbocycles. The third-order valence-electron chi connectivity index (χ3n) is 10.6. The molecule has 0 spiro atoms. The van der Waals surface area contributed by atoms with Crippen LogP contribution in [0.1, 0.15) is 11.1 Å². The van der Waals surface area contributed by atoms with Crippen molar-refractivity contribution in [3.05, 3.63) is 193 Å². The number of hydrogen-bond acceptors (Lipinski definition) is 2. The molecule has 0 aliphatic heterocycles. The average Bonchev–Trinajstić information content (AvgIpc) is 3.76. The molecule has 0 bridgehead atoms. The number of benzene rings is 8. The van der Waals surface area contributed by atoms with E-state index >= 15 is 0 Å². The van der Waals surface area contributed by atoms with Crippen molar-refractivity contribution in [2.45, 2.75) is 0 Å². The summed E-state index contributed by atoms with van der Waals surface area (Å²) in [5, 5.41) is 23.7. The van der Waals surface area contributed by atoms with E-state index in [0.717, 1.165) is 50.2 Å². The number of rotatable bonds is 5. The number of aromatic nitrogens is 2. The Hall–Kier alpha value is -7.66. The zero-order valence-corrected chi connectivity index (χ0v) is 29.1. The molecular weight excluding hydrogens is 657 g/mol. The van der Waals surface area contributed by atoms with Crippen molar-refractivity contribution in [2.75, 3.05) is 0 Å². The van der Waals surface area contributed by atoms with Crippen molar-refractivity contribution in [3.63, 3.8) is 0 Å². The molecule has 0 unspecified atom stereocenters. The van der Waals surface area contributed by atoms with Crippen LogP contribution >= 0.6 is 0 Å². The third-order valence-corrected chi connectivity index (χ3v) is 10.6. The Morgan fingerprint density at radius 3 is 1.19 bits per heavy atom. The number of hydrogen-bond donors (Lipinski definition) is 0. The molecule has 0 saturated carbocycles. The lowest BCUT2D eigenvalue weighted by Gasteiger charge is -2.14. The van der Waals surface area contributed by atoms with Crippen molar-refractivity contribution in [1.82, 2.24) is 9.13 Å². The van der Waals surface area contributed by atoms with Gasteiger partial charge in [0.1, 0.15) is 0 Å². The zero-order valence-electron chi connectivity index (χ0n) is 29.1. The van der Waals surface area contributed by atoms with Crippen molar-refractivity contribution in [1.29, 1.82) is 10.5 Å². The van der Waals surface area contributed by atoms with E-state index in [1.807, 2.05) is 48.5 Å². The van der Waals surface area contributed by atoms with Crippen LogP contribution in [0.4, 0.5) is 0 Å². The molecule has 10 rings (SSSR count). The molecule has 250 valence electrons. The monoisotopic (exact) mass is 686 g/mol. The number of nitrogens with zero attached hydrogens (tertiary/aromatic N) is 4. The molecular formula is C50H30N4. The highest BCUT2D eigenvalue weighted by Gasteiger charge is 2.17. The lowest BCUT2D eigenvalue weighted by Crippen LogP contribution is -1.96. The Bertz CT molecular complexity index is 3070. The summed E-state index contributed by atoms with van der Waals surface area (Å²) in [4.78, 5) is 0. The first kappa shape index (κ1) is 31.1. The number of fused-ring (bicyclic) bond motifs is 6. The summed E-state index contributed by atoms with van der Waals surface area (Å²) in [7, 11) is 0. The van der Waals surface area contributed by atoms with E-state index in [9.17, 15) is 10.5 Å². The van der Waals surface area contributed by atoms with E-state index in [1.165, 1.54) is 38.1 Å². The van der Waals surface area contributed by atoms with Crippen LogP contribution < -0.4 is 0 Å². The van der Waals surface area contributed by atoms with Crippen LogP contribution in [-0.2, 0) is 0 Å². The molecule has 2 aromatic heterocycles. The molecule has 0 atom stereocenters. The molecule has 0 saturated heterocycles. The van der Waals surface area contributed by atoms with Gasteiger partial charge in [0, 0.05) is 32.9 Å². The van der Waals surface area contributed by atoms with Crippen molar-refractivity contribution in [2.24, 2.45) is 0 Å². The highest BCUT2D eigenvalue weighted by Crippen LogP contribution is 2.39. The van der Waals surface area contributed by atoms with E-state index in [-0.39, 0.29) is 0 Å². The first-order chi connectivity index (χ1) is 26.7. The van der Waals surface area contributed by atoms with Crippen molar-refractivity contribution >= 4 is 43.6 Å². The first-order valence-electron chi connectivity index (χ1n) is 18.0. The fraction of sp³-hybridized carbons (Fsp3) is 0. The molecule has 0 aliphatic carbocycles. The lowest BCUT2D eigenvalue weighted by molar-refractivity contribution is 1.18. The van der Waals surface area contributed by atoms with Gasteiger partial charge in [-0.2, -0.15) is 10.5 Å². The minimum atomic E-state index is 0.626. The second kappa shape index (κ2) is 12.5. The predicted molar refractivity (Wildman–Crippen MR) is 221 cm³/mol. The Labute approximate surface area is 312 Å². The van der Waals surface area contributed by atoms with E-state index in [2.05, 4.69) is 155 Å². The van der Waals surface area contributed by atoms with Gasteiger partial charge in [-0.25, -0.2) is 0 Å². The summed E-state index contributed by atoms with van der Waals surface area (Å²) in [6, 6.07) is 68.1. The van der Waals surface area contributed by atoms with Gasteiger partial charge in [0.15, 0.2) is 0 Å². The Morgan fingerprint density at radius 1 is 0.296 bits per heavy atom. The fourth-order valence-corrected chi connectivity index (χ4v) is 7.99. The Balaban J connectivity index is 1.16. The second-order valence-electron chi connectivity index (χ2n) is 13.7. The lowest BCUT2D eigenvalue weighted by atomic mass is 9.96. The average molecular weight is 687 g/mol. The van der Waals surface area contributed by atoms with Crippen LogP contribution in [0.15, 0.2) is 182 Å². The third kappa shape index (κ3) is 5.06. The largest absolute Gasteiger partial charge is 0.309 e. The summed E-state index contributed by atoms with van der Waals surface area (Å²) >= 11 is 0. The molecule has 0 fully saturated rings. The first-order valence-corrected chi connectivity index (χ1v) is 18.0. The van der Waals surface area contributed by atoms with Crippen LogP contribution in [0.3, 0.4) is 0 Å². The second-order valence-corrected chi connectivity index (χ2v) is 13.7. The van der Waals surface area contributed by atoms with Crippen LogP contribution in [0.2, 0.25) is 0 Å². The zero-order chi connectivity index (χ0) is 36.2. The summed E-state index contributed by atoms with van der Waals surface area (Å²) in [5.41, 5.74) is 14.5. The summed E-state index contributed by atoms with van der Waals surface area (Å²) in [6.45, 7) is 0. The number of nitriles is 2. The Morgan fingerprint density at radius 2 is 0.704 bits per heavy atom. The SMILES string of the molecule is N#Cc1ccc(-c2cc(-c3ccc(C#N)cc3)cc(-n3c4ccccc4c4cc(-c5ccc6c(c5)c5ccccc5n6-c5ccccc5)ccc43)c2)cc1. The molecule has 54 heavy (non-hydrogen) atoms. The normalized spacial score (nSPS) is 11.3. The molecule has 0 aliphatic rings. The molecule has 4 nitrogen and oxygen atoms in total. The molecule has 4 heteroatoms. The minimum Gasteiger partial charge on any atom is -0.309 e. The van der Waals surface area contributed by atoms with E-state index in [0.29, 0.717) is 11.1 Å². The summed E-state index contributed by atoms with van der Waals surface area (Å²) < 4.78 is 4.70. The van der Waals surface area contributed by atoms with Gasteiger partial charge in [0.25, 0.3) is 0 Å². The van der Waals surface area contributed by atoms with Crippen molar-refractivity contribution in [3.8, 4) is 56.9 Å². The maximum atomic E-state index is 9.45. The van der Waals surface area contributed by atoms with Gasteiger partial charge in [0.05, 0.1) is 45.3 Å². The van der Waals surface area contributed by atoms with Crippen LogP contribution in [0, 0.1) is 22.7 Å². The Kier molecular flexibility index (Phi) is 7.22. The quantitative estimate of drug-likeness (QED) is 0.181. The van der Waals surface area contributed by atoms with Crippen LogP contribution in [-0.4, -0.2) is 9.13 Å². The summed E-state index contributed by atoms with van der Waals surface area (Å²) in [6.07, 6.45) is 0. The molecule has 2 heterocycles. The highest BCUT2D eigenvalue weighted by molar-refractivity contribution is 6.12. The van der Waals surface area contributed by atoms with Crippen LogP contribution in [0.25, 0.3) is 88.4 Å². The van der Waals surface area contributed by atoms with Gasteiger partial charge in [-0.15, -0.1) is 0 Å². The van der Waals surface area contributed by atoms with Gasteiger partial charge in [-0.3, -0.25) is 0 Å². The molecule has 0 N–H and O–H groups in total. The van der Waals surface area contributed by atoms with E-state index < -0.39 is 0 Å². The van der Waals surface area contributed by atoms with Gasteiger partial charge in [-0.05, 0) is 124 Å². The molecule has 0 radical (unpaired) electrons. The smallest absolute Gasteiger partial charge is 0.0991 e. The van der Waals surface area contributed by atoms with E-state index in [1.54, 1.807) is 0 Å². The van der Waals surface area contributed by atoms with E-state index in [4.69, 9.17) is 0 Å². The maximum absolute atomic E-state index is 9.45. The number of para-hydroxylation sites is 3. The summed E-state index contributed by atoms with van der Waals surface area (Å²) in [5.74, 6) is 0. The topological polar surface area (TPSA) is 57.4 Å². The van der Waals surface area contributed by atoms with Gasteiger partial charge in [-0.1, -0.05) is 91.0 Å². The predicted octanol–water partition coefficient (Wildman–Crippen LogP) is 12.6. The minimum absolute atomic E-state index is 0.626. The maximum Gasteiger partial charge on any atom is 0.0991 e. The van der Waals surface area contributed by atoms with Crippen LogP contribution in [0.5, 0.6) is 0 Å². The standard InChI is InChI=1S/C50H30N4/c51-31-33-14-18-35(19-15-33)39-26-40(36-20-16-34(32-52)17-21-36)28-42(27-39)54-48-13-7-5-11-44(48)46-30-38(23-25-50(46)54)37-22-24-49-45(29-37)43-10-4-6-12-47(43)53(49)41-8-2-1-3-9-41/h1-30H. The van der Waals surface area contributed by atoms with Crippen molar-refractivity contribution < 1.29 is 0 Å². The van der Waals surface area contributed by atoms with Gasteiger partial charge in [0.2, 0.25) is 0 Å². The highest BCUT2D eigenvalue weighted by atomic mass is 15.0. The molecule has 0 amide bonds. The van der Waals surface area contributed by atoms with Gasteiger partial charge < -0.3 is 9.13 Å². The molecule has 10 aromatic rings. The van der Waals surface area contributed by atoms with Gasteiger partial charge >= 0.3 is 0 Å². The fourth-order valence-electron chi connectivity index (χ4n) is 7.99.